The fourth-order valence-electron chi connectivity index (χ4n) is 6.70. The Kier molecular flexibility index (Phi) is 7.07. The van der Waals surface area contributed by atoms with Gasteiger partial charge in [-0.15, -0.1) is 0 Å². The predicted molar refractivity (Wildman–Crippen MR) is 161 cm³/mol. The summed E-state index contributed by atoms with van der Waals surface area (Å²) in [4.78, 5) is 26.8. The highest BCUT2D eigenvalue weighted by atomic mass is 28.4. The van der Waals surface area contributed by atoms with Crippen LogP contribution in [0.5, 0.6) is 0 Å². The lowest BCUT2D eigenvalue weighted by Gasteiger charge is -2.44. The van der Waals surface area contributed by atoms with Crippen LogP contribution in [0.4, 0.5) is 0 Å². The Labute approximate surface area is 241 Å². The molecule has 6 rings (SSSR count). The minimum atomic E-state index is -2.96. The van der Waals surface area contributed by atoms with Crippen LogP contribution in [0.15, 0.2) is 95.8 Å². The number of carbonyl (C=O) groups excluding carboxylic acids is 1. The first-order chi connectivity index (χ1) is 19.7. The lowest BCUT2D eigenvalue weighted by atomic mass is 9.76. The number of nitrogens with zero attached hydrogens (tertiary/aromatic N) is 3. The maximum Gasteiger partial charge on any atom is 0.347 e. The molecule has 0 amide bonds. The summed E-state index contributed by atoms with van der Waals surface area (Å²) in [6, 6.07) is 30.4. The van der Waals surface area contributed by atoms with Crippen molar-refractivity contribution in [2.75, 3.05) is 7.11 Å². The highest BCUT2D eigenvalue weighted by Crippen LogP contribution is 2.46. The van der Waals surface area contributed by atoms with Gasteiger partial charge >= 0.3 is 11.7 Å². The normalized spacial score (nSPS) is 22.1. The number of methoxy groups -OCH3 is 1. The number of ether oxygens (including phenoxy) is 1. The average Bonchev–Trinajstić information content (AvgIpc) is 3.48. The lowest BCUT2D eigenvalue weighted by molar-refractivity contribution is -0.144. The molecule has 3 aromatic carbocycles. The number of esters is 1. The van der Waals surface area contributed by atoms with Gasteiger partial charge in [0.15, 0.2) is 5.82 Å². The van der Waals surface area contributed by atoms with Gasteiger partial charge < -0.3 is 9.16 Å². The molecule has 1 aliphatic heterocycles. The number of hydrogen-bond acceptors (Lipinski definition) is 5. The Morgan fingerprint density at radius 3 is 1.90 bits per heavy atom. The molecule has 0 saturated heterocycles. The second-order valence-electron chi connectivity index (χ2n) is 12.2. The number of benzene rings is 3. The SMILES string of the molecule is COC(=O)[C@@H]1C[C@H](O[Si](c2ccccc2)(c2ccccc2)C(C)(C)C)c2nn(C3CC(c4ccccc4)C3)c(=O)n21. The van der Waals surface area contributed by atoms with E-state index in [4.69, 9.17) is 14.3 Å². The highest BCUT2D eigenvalue weighted by Gasteiger charge is 2.54. The van der Waals surface area contributed by atoms with Crippen LogP contribution in [-0.4, -0.2) is 35.7 Å². The first-order valence-corrected chi connectivity index (χ1v) is 16.3. The van der Waals surface area contributed by atoms with Crippen LogP contribution in [-0.2, 0) is 14.0 Å². The largest absolute Gasteiger partial charge is 0.467 e. The van der Waals surface area contributed by atoms with Gasteiger partial charge in [-0.25, -0.2) is 14.3 Å². The van der Waals surface area contributed by atoms with E-state index in [1.54, 1.807) is 4.68 Å². The third kappa shape index (κ3) is 4.59. The number of rotatable bonds is 7. The van der Waals surface area contributed by atoms with Gasteiger partial charge in [-0.2, -0.15) is 5.10 Å². The molecule has 7 nitrogen and oxygen atoms in total. The summed E-state index contributed by atoms with van der Waals surface area (Å²) in [5, 5.41) is 6.91. The molecule has 1 saturated carbocycles. The molecule has 2 aliphatic rings. The summed E-state index contributed by atoms with van der Waals surface area (Å²) < 4.78 is 15.7. The summed E-state index contributed by atoms with van der Waals surface area (Å²) in [7, 11) is -1.59. The van der Waals surface area contributed by atoms with E-state index < -0.39 is 26.4 Å². The van der Waals surface area contributed by atoms with Crippen molar-refractivity contribution in [1.82, 2.24) is 14.3 Å². The molecule has 0 bridgehead atoms. The smallest absolute Gasteiger partial charge is 0.347 e. The van der Waals surface area contributed by atoms with Crippen molar-refractivity contribution in [3.63, 3.8) is 0 Å². The standard InChI is InChI=1S/C33H37N3O4Si/c1-33(2,3)41(26-16-10-6-11-17-26,27-18-12-7-13-19-27)40-29-22-28(31(37)39-4)35-30(29)34-36(32(35)38)25-20-24(21-25)23-14-8-5-9-15-23/h5-19,24-25,28-29H,20-22H2,1-4H3/t24?,25?,28-,29-/m0/s1. The van der Waals surface area contributed by atoms with Crippen molar-refractivity contribution in [2.24, 2.45) is 0 Å². The average molecular weight is 568 g/mol. The Balaban J connectivity index is 1.42. The number of fused-ring (bicyclic) bond motifs is 1. The molecule has 0 unspecified atom stereocenters. The first kappa shape index (κ1) is 27.4. The summed E-state index contributed by atoms with van der Waals surface area (Å²) in [5.41, 5.74) is 1.02. The van der Waals surface area contributed by atoms with Crippen LogP contribution in [0.25, 0.3) is 0 Å². The monoisotopic (exact) mass is 567 g/mol. The molecule has 2 heterocycles. The van der Waals surface area contributed by atoms with Gasteiger partial charge in [-0.3, -0.25) is 4.57 Å². The maximum absolute atomic E-state index is 13.8. The Hall–Kier alpha value is -3.75. The van der Waals surface area contributed by atoms with E-state index in [1.165, 1.54) is 17.2 Å². The summed E-state index contributed by atoms with van der Waals surface area (Å²) >= 11 is 0. The minimum absolute atomic E-state index is 0.0161. The molecule has 2 atom stereocenters. The molecule has 8 heteroatoms. The second-order valence-corrected chi connectivity index (χ2v) is 16.5. The molecular formula is C33H37N3O4Si. The van der Waals surface area contributed by atoms with E-state index in [0.717, 1.165) is 23.2 Å². The molecule has 1 aliphatic carbocycles. The van der Waals surface area contributed by atoms with E-state index in [9.17, 15) is 9.59 Å². The Morgan fingerprint density at radius 1 is 0.854 bits per heavy atom. The number of hydrogen-bond donors (Lipinski definition) is 0. The topological polar surface area (TPSA) is 75.3 Å². The van der Waals surface area contributed by atoms with Gasteiger partial charge in [0.25, 0.3) is 8.32 Å². The summed E-state index contributed by atoms with van der Waals surface area (Å²) in [6.45, 7) is 6.65. The zero-order valence-corrected chi connectivity index (χ0v) is 25.1. The number of carbonyl (C=O) groups is 1. The van der Waals surface area contributed by atoms with Gasteiger partial charge in [0.05, 0.1) is 13.2 Å². The third-order valence-corrected chi connectivity index (χ3v) is 13.9. The Morgan fingerprint density at radius 2 is 1.39 bits per heavy atom. The molecule has 4 aromatic rings. The van der Waals surface area contributed by atoms with E-state index in [1.807, 2.05) is 54.6 Å². The van der Waals surface area contributed by atoms with Gasteiger partial charge in [0.2, 0.25) is 0 Å². The fraction of sp³-hybridized carbons (Fsp3) is 0.364. The van der Waals surface area contributed by atoms with Crippen LogP contribution < -0.4 is 16.1 Å². The fourth-order valence-corrected chi connectivity index (χ4v) is 11.3. The van der Waals surface area contributed by atoms with Crippen molar-refractivity contribution in [2.45, 2.75) is 69.2 Å². The van der Waals surface area contributed by atoms with E-state index in [0.29, 0.717) is 18.2 Å². The van der Waals surface area contributed by atoms with Crippen LogP contribution in [0.1, 0.15) is 75.5 Å². The molecule has 0 radical (unpaired) electrons. The van der Waals surface area contributed by atoms with Crippen molar-refractivity contribution >= 4 is 24.7 Å². The number of aromatic nitrogens is 3. The summed E-state index contributed by atoms with van der Waals surface area (Å²) in [5.74, 6) is 0.462. The molecule has 212 valence electrons. The van der Waals surface area contributed by atoms with Crippen molar-refractivity contribution < 1.29 is 14.0 Å². The van der Waals surface area contributed by atoms with E-state index in [2.05, 4.69) is 57.2 Å². The van der Waals surface area contributed by atoms with Crippen LogP contribution in [0.2, 0.25) is 5.04 Å². The molecular weight excluding hydrogens is 530 g/mol. The maximum atomic E-state index is 13.8. The zero-order chi connectivity index (χ0) is 28.8. The van der Waals surface area contributed by atoms with E-state index in [-0.39, 0.29) is 16.8 Å². The minimum Gasteiger partial charge on any atom is -0.467 e. The molecule has 1 aromatic heterocycles. The van der Waals surface area contributed by atoms with Gasteiger partial charge in [0, 0.05) is 6.42 Å². The van der Waals surface area contributed by atoms with Gasteiger partial charge in [-0.05, 0) is 39.7 Å². The van der Waals surface area contributed by atoms with Crippen LogP contribution in [0, 0.1) is 0 Å². The first-order valence-electron chi connectivity index (χ1n) is 14.4. The molecule has 0 spiro atoms. The molecule has 41 heavy (non-hydrogen) atoms. The molecule has 1 fully saturated rings. The Bertz CT molecular complexity index is 1530. The quantitative estimate of drug-likeness (QED) is 0.235. The van der Waals surface area contributed by atoms with E-state index >= 15 is 0 Å². The van der Waals surface area contributed by atoms with Gasteiger partial charge in [0.1, 0.15) is 12.1 Å². The van der Waals surface area contributed by atoms with Gasteiger partial charge in [-0.1, -0.05) is 112 Å². The van der Waals surface area contributed by atoms with Crippen molar-refractivity contribution in [3.8, 4) is 0 Å². The van der Waals surface area contributed by atoms with Crippen LogP contribution >= 0.6 is 0 Å². The zero-order valence-electron chi connectivity index (χ0n) is 24.1. The highest BCUT2D eigenvalue weighted by molar-refractivity contribution is 6.99. The van der Waals surface area contributed by atoms with Crippen molar-refractivity contribution in [1.29, 1.82) is 0 Å². The predicted octanol–water partition coefficient (Wildman–Crippen LogP) is 4.90. The van der Waals surface area contributed by atoms with Crippen molar-refractivity contribution in [3.05, 3.63) is 113 Å². The summed E-state index contributed by atoms with van der Waals surface area (Å²) in [6.07, 6.45) is 1.45. The van der Waals surface area contributed by atoms with Crippen LogP contribution in [0.3, 0.4) is 0 Å². The third-order valence-electron chi connectivity index (χ3n) is 8.84. The second kappa shape index (κ2) is 10.6. The molecule has 0 N–H and O–H groups in total. The lowest BCUT2D eigenvalue weighted by Crippen LogP contribution is -2.66.